The van der Waals surface area contributed by atoms with Crippen LogP contribution >= 0.6 is 31.9 Å². The summed E-state index contributed by atoms with van der Waals surface area (Å²) in [7, 11) is 0. The fraction of sp³-hybridized carbons (Fsp3) is 0.0667. The van der Waals surface area contributed by atoms with Crippen molar-refractivity contribution in [3.63, 3.8) is 0 Å². The first-order chi connectivity index (χ1) is 8.72. The summed E-state index contributed by atoms with van der Waals surface area (Å²) in [5.74, 6) is 2.54. The lowest BCUT2D eigenvalue weighted by Crippen LogP contribution is -2.31. The van der Waals surface area contributed by atoms with Gasteiger partial charge in [0.2, 0.25) is 0 Å². The summed E-state index contributed by atoms with van der Waals surface area (Å²) >= 11 is 7.04. The van der Waals surface area contributed by atoms with E-state index < -0.39 is 0 Å². The molecule has 2 aromatic rings. The average molecular weight is 363 g/mol. The third-order valence-electron chi connectivity index (χ3n) is 3.22. The Bertz CT molecular complexity index is 787. The van der Waals surface area contributed by atoms with Gasteiger partial charge < -0.3 is 0 Å². The van der Waals surface area contributed by atoms with Crippen LogP contribution in [0.15, 0.2) is 39.3 Å². The zero-order chi connectivity index (χ0) is 12.7. The second kappa shape index (κ2) is 4.51. The maximum absolute atomic E-state index is 7.48. The van der Waals surface area contributed by atoms with Gasteiger partial charge in [0.1, 0.15) is 0 Å². The fourth-order valence-electron chi connectivity index (χ4n) is 2.37. The Kier molecular flexibility index (Phi) is 2.98. The Morgan fingerprint density at radius 2 is 1.89 bits per heavy atom. The third kappa shape index (κ3) is 1.71. The SMILES string of the molecule is N=C=c1c(Br)c(Br)cc2c1=CCc1ccccc1-2. The minimum Gasteiger partial charge on any atom is -0.258 e. The summed E-state index contributed by atoms with van der Waals surface area (Å²) in [4.78, 5) is 0. The van der Waals surface area contributed by atoms with Crippen molar-refractivity contribution in [2.75, 3.05) is 0 Å². The van der Waals surface area contributed by atoms with Gasteiger partial charge in [-0.05, 0) is 72.1 Å². The molecule has 0 spiro atoms. The molecular formula is C15H9Br2N. The minimum atomic E-state index is 0.814. The van der Waals surface area contributed by atoms with E-state index in [9.17, 15) is 0 Å². The molecule has 1 aliphatic carbocycles. The predicted molar refractivity (Wildman–Crippen MR) is 81.5 cm³/mol. The van der Waals surface area contributed by atoms with E-state index in [0.717, 1.165) is 25.8 Å². The maximum atomic E-state index is 7.48. The molecule has 88 valence electrons. The topological polar surface area (TPSA) is 23.9 Å². The van der Waals surface area contributed by atoms with Crippen LogP contribution in [0, 0.1) is 5.41 Å². The quantitative estimate of drug-likeness (QED) is 0.696. The molecule has 0 radical (unpaired) electrons. The smallest absolute Gasteiger partial charge is 0.0582 e. The molecule has 0 saturated carbocycles. The van der Waals surface area contributed by atoms with Crippen LogP contribution in [-0.4, -0.2) is 5.87 Å². The number of halogens is 2. The first kappa shape index (κ1) is 11.9. The Hall–Kier alpha value is -1.15. The Labute approximate surface area is 122 Å². The van der Waals surface area contributed by atoms with Crippen molar-refractivity contribution in [3.05, 3.63) is 55.3 Å². The minimum absolute atomic E-state index is 0.814. The molecule has 3 heteroatoms. The molecule has 3 rings (SSSR count). The number of rotatable bonds is 0. The number of hydrogen-bond donors (Lipinski definition) is 1. The molecule has 0 amide bonds. The largest absolute Gasteiger partial charge is 0.258 e. The van der Waals surface area contributed by atoms with E-state index in [0.29, 0.717) is 0 Å². The van der Waals surface area contributed by atoms with Gasteiger partial charge in [-0.1, -0.05) is 30.3 Å². The van der Waals surface area contributed by atoms with Gasteiger partial charge in [-0.3, -0.25) is 5.41 Å². The highest BCUT2D eigenvalue weighted by molar-refractivity contribution is 9.13. The molecule has 0 unspecified atom stereocenters. The van der Waals surface area contributed by atoms with E-state index in [-0.39, 0.29) is 0 Å². The normalized spacial score (nSPS) is 12.1. The summed E-state index contributed by atoms with van der Waals surface area (Å²) < 4.78 is 1.85. The number of benzene rings is 2. The van der Waals surface area contributed by atoms with Crippen LogP contribution in [0.1, 0.15) is 5.56 Å². The summed E-state index contributed by atoms with van der Waals surface area (Å²) in [5.41, 5.74) is 3.75. The van der Waals surface area contributed by atoms with E-state index in [1.54, 1.807) is 0 Å². The summed E-state index contributed by atoms with van der Waals surface area (Å²) in [6, 6.07) is 10.5. The summed E-state index contributed by atoms with van der Waals surface area (Å²) in [6.45, 7) is 0. The maximum Gasteiger partial charge on any atom is 0.0582 e. The van der Waals surface area contributed by atoms with Gasteiger partial charge in [0.15, 0.2) is 0 Å². The van der Waals surface area contributed by atoms with Crippen LogP contribution in [-0.2, 0) is 6.42 Å². The second-order valence-corrected chi connectivity index (χ2v) is 5.85. The molecule has 2 aromatic carbocycles. The number of hydrogen-bond acceptors (Lipinski definition) is 1. The van der Waals surface area contributed by atoms with Crippen molar-refractivity contribution < 1.29 is 0 Å². The van der Waals surface area contributed by atoms with Crippen molar-refractivity contribution >= 4 is 43.8 Å². The van der Waals surface area contributed by atoms with Gasteiger partial charge in [0.25, 0.3) is 0 Å². The molecule has 0 heterocycles. The first-order valence-corrected chi connectivity index (χ1v) is 7.17. The highest BCUT2D eigenvalue weighted by Crippen LogP contribution is 2.28. The van der Waals surface area contributed by atoms with Gasteiger partial charge in [-0.25, -0.2) is 0 Å². The highest BCUT2D eigenvalue weighted by Gasteiger charge is 2.13. The lowest BCUT2D eigenvalue weighted by molar-refractivity contribution is 1.27. The van der Waals surface area contributed by atoms with Crippen molar-refractivity contribution in [3.8, 4) is 11.1 Å². The standard InChI is InChI=1S/C15H9Br2N/c16-14-7-12-10-4-2-1-3-9(10)5-6-11(12)13(8-18)15(14)17/h1-4,6-7,18H,5H2. The van der Waals surface area contributed by atoms with Crippen molar-refractivity contribution in [2.24, 2.45) is 0 Å². The van der Waals surface area contributed by atoms with E-state index in [1.807, 2.05) is 0 Å². The zero-order valence-corrected chi connectivity index (χ0v) is 12.6. The van der Waals surface area contributed by atoms with Crippen LogP contribution in [0.4, 0.5) is 0 Å². The molecule has 1 N–H and O–H groups in total. The Morgan fingerprint density at radius 1 is 1.11 bits per heavy atom. The van der Waals surface area contributed by atoms with Gasteiger partial charge in [0.05, 0.1) is 5.22 Å². The number of fused-ring (bicyclic) bond motifs is 3. The predicted octanol–water partition coefficient (Wildman–Crippen LogP) is 3.14. The Morgan fingerprint density at radius 3 is 2.67 bits per heavy atom. The highest BCUT2D eigenvalue weighted by atomic mass is 79.9. The van der Waals surface area contributed by atoms with E-state index in [4.69, 9.17) is 5.41 Å². The lowest BCUT2D eigenvalue weighted by Gasteiger charge is -2.15. The van der Waals surface area contributed by atoms with Crippen LogP contribution in [0.3, 0.4) is 0 Å². The number of nitrogens with one attached hydrogen (secondary N) is 1. The molecule has 0 aliphatic heterocycles. The summed E-state index contributed by atoms with van der Waals surface area (Å²) in [6.07, 6.45) is 3.08. The molecule has 0 bridgehead atoms. The van der Waals surface area contributed by atoms with Gasteiger partial charge >= 0.3 is 0 Å². The van der Waals surface area contributed by atoms with Gasteiger partial charge in [-0.2, -0.15) is 0 Å². The monoisotopic (exact) mass is 361 g/mol. The van der Waals surface area contributed by atoms with Crippen molar-refractivity contribution in [1.82, 2.24) is 0 Å². The molecule has 0 saturated heterocycles. The molecule has 18 heavy (non-hydrogen) atoms. The van der Waals surface area contributed by atoms with E-state index in [1.165, 1.54) is 16.7 Å². The molecule has 0 atom stereocenters. The fourth-order valence-corrected chi connectivity index (χ4v) is 3.22. The van der Waals surface area contributed by atoms with Crippen LogP contribution < -0.4 is 10.4 Å². The van der Waals surface area contributed by atoms with Crippen molar-refractivity contribution in [1.29, 1.82) is 5.41 Å². The molecule has 0 aromatic heterocycles. The van der Waals surface area contributed by atoms with Gasteiger partial charge in [0, 0.05) is 8.95 Å². The molecule has 1 nitrogen and oxygen atoms in total. The second-order valence-electron chi connectivity index (χ2n) is 4.20. The molecule has 1 aliphatic rings. The van der Waals surface area contributed by atoms with Crippen molar-refractivity contribution in [2.45, 2.75) is 6.42 Å². The third-order valence-corrected chi connectivity index (χ3v) is 5.20. The molecule has 0 fully saturated rings. The lowest BCUT2D eigenvalue weighted by atomic mass is 9.91. The van der Waals surface area contributed by atoms with E-state index in [2.05, 4.69) is 74.1 Å². The average Bonchev–Trinajstić information content (AvgIpc) is 2.40. The molecular weight excluding hydrogens is 354 g/mol. The van der Waals surface area contributed by atoms with Crippen LogP contribution in [0.25, 0.3) is 17.2 Å². The van der Waals surface area contributed by atoms with Crippen LogP contribution in [0.2, 0.25) is 0 Å². The van der Waals surface area contributed by atoms with Crippen LogP contribution in [0.5, 0.6) is 0 Å². The zero-order valence-electron chi connectivity index (χ0n) is 9.43. The Balaban J connectivity index is 2.51. The van der Waals surface area contributed by atoms with E-state index >= 15 is 0 Å². The summed E-state index contributed by atoms with van der Waals surface area (Å²) in [5, 5.41) is 9.39. The first-order valence-electron chi connectivity index (χ1n) is 5.58. The van der Waals surface area contributed by atoms with Gasteiger partial charge in [-0.15, -0.1) is 0 Å².